The molecule has 0 atom stereocenters. The van der Waals surface area contributed by atoms with E-state index in [2.05, 4.69) is 20.5 Å². The summed E-state index contributed by atoms with van der Waals surface area (Å²) in [5.74, 6) is 0.311. The number of unbranched alkanes of at least 4 members (excludes halogenated alkanes) is 1. The van der Waals surface area contributed by atoms with Crippen LogP contribution in [0.1, 0.15) is 24.2 Å². The van der Waals surface area contributed by atoms with Gasteiger partial charge in [-0.1, -0.05) is 34.1 Å². The average Bonchev–Trinajstić information content (AvgIpc) is 3.16. The summed E-state index contributed by atoms with van der Waals surface area (Å²) in [6.45, 7) is 1.07. The van der Waals surface area contributed by atoms with Crippen LogP contribution in [0.3, 0.4) is 0 Å². The number of fused-ring (bicyclic) bond motifs is 3. The average molecular weight is 504 g/mol. The van der Waals surface area contributed by atoms with E-state index in [1.54, 1.807) is 4.90 Å². The molecule has 1 spiro atoms. The number of para-hydroxylation sites is 1. The maximum Gasteiger partial charge on any atom is 0.240 e. The normalized spacial score (nSPS) is 18.5. The number of rotatable bonds is 6. The predicted molar refractivity (Wildman–Crippen MR) is 122 cm³/mol. The number of aryl methyl sites for hydroxylation is 1. The van der Waals surface area contributed by atoms with Crippen molar-refractivity contribution < 1.29 is 18.3 Å². The number of sulfone groups is 1. The summed E-state index contributed by atoms with van der Waals surface area (Å²) < 4.78 is 27.0. The first-order chi connectivity index (χ1) is 14.8. The molecule has 0 radical (unpaired) electrons. The lowest BCUT2D eigenvalue weighted by atomic mass is 9.85. The zero-order valence-corrected chi connectivity index (χ0v) is 19.2. The topological polar surface area (TPSA) is 92.5 Å². The Hall–Kier alpha value is -2.23. The van der Waals surface area contributed by atoms with Crippen molar-refractivity contribution >= 4 is 48.4 Å². The van der Waals surface area contributed by atoms with Crippen LogP contribution in [0.2, 0.25) is 0 Å². The maximum atomic E-state index is 13.5. The van der Waals surface area contributed by atoms with Crippen molar-refractivity contribution in [1.82, 2.24) is 9.55 Å². The van der Waals surface area contributed by atoms with Gasteiger partial charge in [0.2, 0.25) is 5.91 Å². The molecule has 1 aromatic heterocycles. The molecular weight excluding hydrogens is 482 g/mol. The minimum Gasteiger partial charge on any atom is -0.396 e. The van der Waals surface area contributed by atoms with Crippen LogP contribution in [0.5, 0.6) is 0 Å². The number of hydrogen-bond donors (Lipinski definition) is 1. The third-order valence-corrected chi connectivity index (χ3v) is 8.53. The smallest absolute Gasteiger partial charge is 0.240 e. The van der Waals surface area contributed by atoms with Gasteiger partial charge in [0.25, 0.3) is 0 Å². The molecule has 2 aromatic carbocycles. The third-order valence-electron chi connectivity index (χ3n) is 6.18. The zero-order valence-electron chi connectivity index (χ0n) is 16.8. The summed E-state index contributed by atoms with van der Waals surface area (Å²) in [7, 11) is -3.19. The van der Waals surface area contributed by atoms with Gasteiger partial charge >= 0.3 is 0 Å². The Labute approximate surface area is 188 Å². The molecule has 2 aliphatic rings. The molecule has 3 aromatic rings. The number of aliphatic hydroxyl groups excluding tert-OH is 1. The Kier molecular flexibility index (Phi) is 4.95. The maximum absolute atomic E-state index is 13.5. The van der Waals surface area contributed by atoms with E-state index in [4.69, 9.17) is 4.98 Å². The molecule has 0 unspecified atom stereocenters. The van der Waals surface area contributed by atoms with E-state index in [1.165, 1.54) is 0 Å². The molecule has 0 bridgehead atoms. The molecular formula is C22H22BrN3O4S. The number of carbonyl (C=O) groups is 1. The number of anilines is 1. The van der Waals surface area contributed by atoms with Crippen molar-refractivity contribution in [3.8, 4) is 0 Å². The van der Waals surface area contributed by atoms with Crippen molar-refractivity contribution in [3.05, 3.63) is 58.3 Å². The van der Waals surface area contributed by atoms with Gasteiger partial charge in [0.15, 0.2) is 9.84 Å². The predicted octanol–water partition coefficient (Wildman–Crippen LogP) is 2.78. The molecule has 0 aliphatic carbocycles. The Balaban J connectivity index is 1.55. The first kappa shape index (κ1) is 20.7. The minimum atomic E-state index is -3.19. The van der Waals surface area contributed by atoms with Gasteiger partial charge in [0.05, 0.1) is 29.1 Å². The lowest BCUT2D eigenvalue weighted by Gasteiger charge is -2.36. The molecule has 1 fully saturated rings. The number of aromatic nitrogens is 2. The number of benzene rings is 2. The van der Waals surface area contributed by atoms with Gasteiger partial charge in [0, 0.05) is 23.3 Å². The largest absolute Gasteiger partial charge is 0.396 e. The quantitative estimate of drug-likeness (QED) is 0.522. The Bertz CT molecular complexity index is 1290. The second kappa shape index (κ2) is 7.43. The minimum absolute atomic E-state index is 0.127. The molecule has 5 rings (SSSR count). The van der Waals surface area contributed by atoms with Crippen molar-refractivity contribution in [2.24, 2.45) is 0 Å². The molecule has 1 N–H and O–H groups in total. The zero-order chi connectivity index (χ0) is 21.8. The summed E-state index contributed by atoms with van der Waals surface area (Å²) in [6.07, 6.45) is 1.47. The SMILES string of the molecule is O=C1N(Cc2nc3cc(Br)ccc3n2CCCCO)c2ccccc2C12CS(=O)(=O)C2. The fraction of sp³-hybridized carbons (Fsp3) is 0.364. The monoisotopic (exact) mass is 503 g/mol. The Morgan fingerprint density at radius 3 is 2.65 bits per heavy atom. The van der Waals surface area contributed by atoms with E-state index >= 15 is 0 Å². The summed E-state index contributed by atoms with van der Waals surface area (Å²) in [4.78, 5) is 20.0. The van der Waals surface area contributed by atoms with E-state index in [1.807, 2.05) is 42.5 Å². The van der Waals surface area contributed by atoms with Gasteiger partial charge in [-0.25, -0.2) is 13.4 Å². The van der Waals surface area contributed by atoms with Crippen molar-refractivity contribution in [1.29, 1.82) is 0 Å². The summed E-state index contributed by atoms with van der Waals surface area (Å²) in [6, 6.07) is 13.4. The lowest BCUT2D eigenvalue weighted by Crippen LogP contribution is -2.58. The van der Waals surface area contributed by atoms with Gasteiger partial charge in [-0.2, -0.15) is 0 Å². The number of nitrogens with zero attached hydrogens (tertiary/aromatic N) is 3. The molecule has 2 aliphatic heterocycles. The van der Waals surface area contributed by atoms with E-state index in [-0.39, 0.29) is 30.6 Å². The number of aliphatic hydroxyl groups is 1. The van der Waals surface area contributed by atoms with Crippen LogP contribution >= 0.6 is 15.9 Å². The van der Waals surface area contributed by atoms with E-state index in [9.17, 15) is 18.3 Å². The van der Waals surface area contributed by atoms with E-state index in [0.29, 0.717) is 13.0 Å². The van der Waals surface area contributed by atoms with Gasteiger partial charge in [0.1, 0.15) is 11.2 Å². The van der Waals surface area contributed by atoms with Gasteiger partial charge in [-0.3, -0.25) is 4.79 Å². The molecule has 31 heavy (non-hydrogen) atoms. The highest BCUT2D eigenvalue weighted by Crippen LogP contribution is 2.49. The van der Waals surface area contributed by atoms with Gasteiger partial charge in [-0.05, 0) is 42.7 Å². The van der Waals surface area contributed by atoms with Crippen LogP contribution < -0.4 is 4.90 Å². The summed E-state index contributed by atoms with van der Waals surface area (Å²) >= 11 is 3.49. The highest BCUT2D eigenvalue weighted by atomic mass is 79.9. The second-order valence-electron chi connectivity index (χ2n) is 8.27. The van der Waals surface area contributed by atoms with Gasteiger partial charge in [-0.15, -0.1) is 0 Å². The first-order valence-electron chi connectivity index (χ1n) is 10.2. The van der Waals surface area contributed by atoms with Crippen molar-refractivity contribution in [3.63, 3.8) is 0 Å². The Morgan fingerprint density at radius 1 is 1.13 bits per heavy atom. The molecule has 7 nitrogen and oxygen atoms in total. The highest BCUT2D eigenvalue weighted by molar-refractivity contribution is 9.10. The summed E-state index contributed by atoms with van der Waals surface area (Å²) in [5, 5.41) is 9.19. The van der Waals surface area contributed by atoms with Crippen LogP contribution in [0.15, 0.2) is 46.9 Å². The Morgan fingerprint density at radius 2 is 1.90 bits per heavy atom. The van der Waals surface area contributed by atoms with Gasteiger partial charge < -0.3 is 14.6 Å². The van der Waals surface area contributed by atoms with Crippen LogP contribution in [0.25, 0.3) is 11.0 Å². The van der Waals surface area contributed by atoms with Crippen LogP contribution in [-0.4, -0.2) is 47.1 Å². The fourth-order valence-corrected chi connectivity index (χ4v) is 7.11. The summed E-state index contributed by atoms with van der Waals surface area (Å²) in [5.41, 5.74) is 2.39. The molecule has 3 heterocycles. The number of imidazole rings is 1. The standard InChI is InChI=1S/C22H22BrN3O4S/c23-15-7-8-19-17(11-15)24-20(25(19)9-3-4-10-27)12-26-18-6-2-1-5-16(18)22(21(26)28)13-31(29,30)14-22/h1-2,5-8,11,27H,3-4,9-10,12-14H2. The highest BCUT2D eigenvalue weighted by Gasteiger charge is 2.61. The molecule has 1 saturated heterocycles. The fourth-order valence-electron chi connectivity index (χ4n) is 4.79. The lowest BCUT2D eigenvalue weighted by molar-refractivity contribution is -0.122. The first-order valence-corrected chi connectivity index (χ1v) is 12.8. The van der Waals surface area contributed by atoms with E-state index < -0.39 is 15.3 Å². The number of carbonyl (C=O) groups excluding carboxylic acids is 1. The second-order valence-corrected chi connectivity index (χ2v) is 11.2. The molecule has 0 saturated carbocycles. The van der Waals surface area contributed by atoms with Crippen LogP contribution in [0, 0.1) is 0 Å². The van der Waals surface area contributed by atoms with Crippen LogP contribution in [-0.2, 0) is 33.1 Å². The van der Waals surface area contributed by atoms with Crippen molar-refractivity contribution in [2.45, 2.75) is 31.3 Å². The molecule has 9 heteroatoms. The third kappa shape index (κ3) is 3.30. The van der Waals surface area contributed by atoms with E-state index in [0.717, 1.165) is 39.0 Å². The number of hydrogen-bond acceptors (Lipinski definition) is 5. The molecule has 1 amide bonds. The number of halogens is 1. The van der Waals surface area contributed by atoms with Crippen LogP contribution in [0.4, 0.5) is 5.69 Å². The number of amides is 1. The van der Waals surface area contributed by atoms with Crippen molar-refractivity contribution in [2.75, 3.05) is 23.0 Å². The molecule has 162 valence electrons.